The molecule has 0 heterocycles. The minimum Gasteiger partial charge on any atom is -0.376 e. The van der Waals surface area contributed by atoms with Crippen LogP contribution in [0.2, 0.25) is 0 Å². The molecule has 0 amide bonds. The normalized spacial score (nSPS) is 19.1. The lowest BCUT2D eigenvalue weighted by Crippen LogP contribution is -2.41. The molecule has 0 aromatic heterocycles. The fourth-order valence-corrected chi connectivity index (χ4v) is 1.60. The van der Waals surface area contributed by atoms with Gasteiger partial charge >= 0.3 is 0 Å². The van der Waals surface area contributed by atoms with Gasteiger partial charge in [0.05, 0.1) is 12.7 Å². The fourth-order valence-electron chi connectivity index (χ4n) is 1.60. The van der Waals surface area contributed by atoms with Crippen LogP contribution < -0.4 is 5.32 Å². The molecule has 3 nitrogen and oxygen atoms in total. The first-order valence-corrected chi connectivity index (χ1v) is 6.45. The van der Waals surface area contributed by atoms with Gasteiger partial charge in [0.25, 0.3) is 0 Å². The fraction of sp³-hybridized carbons (Fsp3) is 1.00. The number of likely N-dealkylation sites (N-methyl/N-ethyl adjacent to an activating group) is 1. The minimum atomic E-state index is 0.183. The highest BCUT2D eigenvalue weighted by atomic mass is 16.5. The standard InChI is InChI=1S/C13H28N2O/c1-11(10-14-13(2,3)4)16-9-8-15(5)12-6-7-12/h11-12,14H,6-10H2,1-5H3. The Hall–Kier alpha value is -0.120. The molecule has 0 bridgehead atoms. The summed E-state index contributed by atoms with van der Waals surface area (Å²) >= 11 is 0. The van der Waals surface area contributed by atoms with Crippen LogP contribution >= 0.6 is 0 Å². The van der Waals surface area contributed by atoms with E-state index in [-0.39, 0.29) is 5.54 Å². The Morgan fingerprint density at radius 1 is 1.38 bits per heavy atom. The van der Waals surface area contributed by atoms with Gasteiger partial charge in [-0.3, -0.25) is 0 Å². The van der Waals surface area contributed by atoms with Gasteiger partial charge in [-0.2, -0.15) is 0 Å². The van der Waals surface area contributed by atoms with Gasteiger partial charge in [-0.25, -0.2) is 0 Å². The van der Waals surface area contributed by atoms with Gasteiger partial charge in [0, 0.05) is 24.7 Å². The van der Waals surface area contributed by atoms with Crippen molar-refractivity contribution in [3.05, 3.63) is 0 Å². The second-order valence-electron chi connectivity index (χ2n) is 6.02. The molecule has 1 fully saturated rings. The lowest BCUT2D eigenvalue weighted by atomic mass is 10.1. The third kappa shape index (κ3) is 6.46. The molecule has 16 heavy (non-hydrogen) atoms. The molecule has 0 spiro atoms. The Morgan fingerprint density at radius 3 is 2.50 bits per heavy atom. The highest BCUT2D eigenvalue weighted by molar-refractivity contribution is 4.82. The van der Waals surface area contributed by atoms with E-state index >= 15 is 0 Å². The Bertz CT molecular complexity index is 197. The smallest absolute Gasteiger partial charge is 0.0672 e. The van der Waals surface area contributed by atoms with Crippen LogP contribution in [0.4, 0.5) is 0 Å². The van der Waals surface area contributed by atoms with Crippen LogP contribution in [0.3, 0.4) is 0 Å². The maximum atomic E-state index is 5.78. The molecule has 0 aromatic rings. The molecule has 96 valence electrons. The van der Waals surface area contributed by atoms with E-state index in [0.29, 0.717) is 6.10 Å². The number of rotatable bonds is 7. The Balaban J connectivity index is 1.99. The Kier molecular flexibility index (Phi) is 5.22. The van der Waals surface area contributed by atoms with E-state index in [9.17, 15) is 0 Å². The van der Waals surface area contributed by atoms with Crippen molar-refractivity contribution in [1.29, 1.82) is 0 Å². The average Bonchev–Trinajstić information content (AvgIpc) is 2.96. The molecule has 1 saturated carbocycles. The SMILES string of the molecule is CC(CNC(C)(C)C)OCCN(C)C1CC1. The Morgan fingerprint density at radius 2 is 2.00 bits per heavy atom. The molecule has 1 atom stereocenters. The van der Waals surface area contributed by atoms with Crippen LogP contribution in [0, 0.1) is 0 Å². The van der Waals surface area contributed by atoms with Crippen LogP contribution in [0.15, 0.2) is 0 Å². The first kappa shape index (κ1) is 13.9. The van der Waals surface area contributed by atoms with Crippen molar-refractivity contribution >= 4 is 0 Å². The van der Waals surface area contributed by atoms with Crippen LogP contribution in [0.5, 0.6) is 0 Å². The van der Waals surface area contributed by atoms with Crippen LogP contribution in [-0.2, 0) is 4.74 Å². The predicted octanol–water partition coefficient (Wildman–Crippen LogP) is 1.87. The summed E-state index contributed by atoms with van der Waals surface area (Å²) in [5, 5.41) is 3.46. The summed E-state index contributed by atoms with van der Waals surface area (Å²) in [5.74, 6) is 0. The molecular weight excluding hydrogens is 200 g/mol. The molecule has 3 heteroatoms. The third-order valence-electron chi connectivity index (χ3n) is 2.94. The molecule has 0 aromatic carbocycles. The number of hydrogen-bond acceptors (Lipinski definition) is 3. The van der Waals surface area contributed by atoms with Crippen molar-refractivity contribution in [2.24, 2.45) is 0 Å². The molecule has 1 N–H and O–H groups in total. The molecule has 1 aliphatic rings. The van der Waals surface area contributed by atoms with E-state index in [1.165, 1.54) is 12.8 Å². The summed E-state index contributed by atoms with van der Waals surface area (Å²) in [7, 11) is 2.19. The zero-order valence-electron chi connectivity index (χ0n) is 11.5. The second-order valence-corrected chi connectivity index (χ2v) is 6.02. The van der Waals surface area contributed by atoms with Gasteiger partial charge in [0.15, 0.2) is 0 Å². The highest BCUT2D eigenvalue weighted by Gasteiger charge is 2.25. The summed E-state index contributed by atoms with van der Waals surface area (Å²) in [5.41, 5.74) is 0.183. The Labute approximate surface area is 101 Å². The maximum Gasteiger partial charge on any atom is 0.0672 e. The number of hydrogen-bond donors (Lipinski definition) is 1. The zero-order valence-corrected chi connectivity index (χ0v) is 11.5. The highest BCUT2D eigenvalue weighted by Crippen LogP contribution is 2.24. The summed E-state index contributed by atoms with van der Waals surface area (Å²) in [4.78, 5) is 2.41. The van der Waals surface area contributed by atoms with E-state index in [0.717, 1.165) is 25.7 Å². The van der Waals surface area contributed by atoms with E-state index in [4.69, 9.17) is 4.74 Å². The molecule has 0 aliphatic heterocycles. The van der Waals surface area contributed by atoms with Crippen LogP contribution in [0.1, 0.15) is 40.5 Å². The summed E-state index contributed by atoms with van der Waals surface area (Å²) in [6.07, 6.45) is 3.04. The van der Waals surface area contributed by atoms with Gasteiger partial charge in [0.2, 0.25) is 0 Å². The molecule has 1 rings (SSSR count). The van der Waals surface area contributed by atoms with Crippen molar-refractivity contribution in [3.63, 3.8) is 0 Å². The number of ether oxygens (including phenoxy) is 1. The van der Waals surface area contributed by atoms with Crippen LogP contribution in [0.25, 0.3) is 0 Å². The first-order valence-electron chi connectivity index (χ1n) is 6.45. The van der Waals surface area contributed by atoms with Crippen molar-refractivity contribution < 1.29 is 4.74 Å². The zero-order chi connectivity index (χ0) is 12.2. The summed E-state index contributed by atoms with van der Waals surface area (Å²) < 4.78 is 5.78. The van der Waals surface area contributed by atoms with Crippen molar-refractivity contribution in [1.82, 2.24) is 10.2 Å². The van der Waals surface area contributed by atoms with E-state index in [2.05, 4.69) is 45.0 Å². The molecule has 1 unspecified atom stereocenters. The van der Waals surface area contributed by atoms with Crippen LogP contribution in [-0.4, -0.2) is 49.3 Å². The maximum absolute atomic E-state index is 5.78. The van der Waals surface area contributed by atoms with Crippen molar-refractivity contribution in [2.75, 3.05) is 26.7 Å². The molecule has 1 aliphatic carbocycles. The van der Waals surface area contributed by atoms with Gasteiger partial charge in [-0.1, -0.05) is 0 Å². The largest absolute Gasteiger partial charge is 0.376 e. The quantitative estimate of drug-likeness (QED) is 0.720. The van der Waals surface area contributed by atoms with E-state index in [1.807, 2.05) is 0 Å². The third-order valence-corrected chi connectivity index (χ3v) is 2.94. The first-order chi connectivity index (χ1) is 7.38. The second kappa shape index (κ2) is 5.99. The lowest BCUT2D eigenvalue weighted by Gasteiger charge is -2.24. The monoisotopic (exact) mass is 228 g/mol. The van der Waals surface area contributed by atoms with Crippen molar-refractivity contribution in [2.45, 2.75) is 58.2 Å². The molecule has 0 saturated heterocycles. The topological polar surface area (TPSA) is 24.5 Å². The minimum absolute atomic E-state index is 0.183. The van der Waals surface area contributed by atoms with Crippen molar-refractivity contribution in [3.8, 4) is 0 Å². The van der Waals surface area contributed by atoms with E-state index in [1.54, 1.807) is 0 Å². The van der Waals surface area contributed by atoms with E-state index < -0.39 is 0 Å². The summed E-state index contributed by atoms with van der Waals surface area (Å²) in [6, 6.07) is 0.839. The van der Waals surface area contributed by atoms with Gasteiger partial charge in [0.1, 0.15) is 0 Å². The van der Waals surface area contributed by atoms with Gasteiger partial charge in [-0.05, 0) is 47.6 Å². The molecule has 0 radical (unpaired) electrons. The predicted molar refractivity (Wildman–Crippen MR) is 68.8 cm³/mol. The van der Waals surface area contributed by atoms with Gasteiger partial charge in [-0.15, -0.1) is 0 Å². The average molecular weight is 228 g/mol. The summed E-state index contributed by atoms with van der Waals surface area (Å²) in [6.45, 7) is 11.5. The number of nitrogens with one attached hydrogen (secondary N) is 1. The lowest BCUT2D eigenvalue weighted by molar-refractivity contribution is 0.0479. The van der Waals surface area contributed by atoms with Gasteiger partial charge < -0.3 is 15.0 Å². The number of nitrogens with zero attached hydrogens (tertiary/aromatic N) is 1. The molecular formula is C13H28N2O.